The summed E-state index contributed by atoms with van der Waals surface area (Å²) in [4.78, 5) is 10.7. The summed E-state index contributed by atoms with van der Waals surface area (Å²) in [6.07, 6.45) is 1.59. The maximum absolute atomic E-state index is 10.7. The van der Waals surface area contributed by atoms with Gasteiger partial charge in [-0.1, -0.05) is 11.8 Å². The molecular weight excluding hydrogens is 293 g/mol. The van der Waals surface area contributed by atoms with Gasteiger partial charge in [0, 0.05) is 6.04 Å². The van der Waals surface area contributed by atoms with Crippen molar-refractivity contribution >= 4 is 17.7 Å². The number of aliphatic carboxylic acids is 1. The smallest absolute Gasteiger partial charge is 0.502 e. The number of hydrogen-bond acceptors (Lipinski definition) is 4. The first-order chi connectivity index (χ1) is 9.06. The van der Waals surface area contributed by atoms with Crippen LogP contribution in [0, 0.1) is 6.54 Å². The van der Waals surface area contributed by atoms with Gasteiger partial charge < -0.3 is 19.0 Å². The maximum Gasteiger partial charge on any atom is 1.00 e. The zero-order chi connectivity index (χ0) is 14.0. The molecule has 0 spiro atoms. The van der Waals surface area contributed by atoms with Crippen molar-refractivity contribution in [3.05, 3.63) is 29.8 Å². The number of rotatable bonds is 5. The molecule has 1 aliphatic carbocycles. The summed E-state index contributed by atoms with van der Waals surface area (Å²) < 4.78 is 11.7. The van der Waals surface area contributed by atoms with Gasteiger partial charge in [0.1, 0.15) is 0 Å². The number of methoxy groups -OCH3 is 2. The van der Waals surface area contributed by atoms with Crippen molar-refractivity contribution in [2.45, 2.75) is 18.9 Å². The topological polar surface area (TPSA) is 59.0 Å². The molecule has 0 aromatic heterocycles. The van der Waals surface area contributed by atoms with E-state index < -0.39 is 5.97 Å². The number of halogens is 1. The Hall–Kier alpha value is -0.590. The van der Waals surface area contributed by atoms with E-state index in [4.69, 9.17) is 26.4 Å². The molecule has 0 fully saturated rings. The molecule has 1 aliphatic rings. The first kappa shape index (κ1) is 17.5. The number of hydrogen-bond donors (Lipinski definition) is 1. The Morgan fingerprint density at radius 1 is 1.40 bits per heavy atom. The second kappa shape index (κ2) is 7.43. The molecule has 5 nitrogen and oxygen atoms in total. The molecule has 0 saturated carbocycles. The zero-order valence-corrected chi connectivity index (χ0v) is 14.5. The van der Waals surface area contributed by atoms with E-state index in [1.54, 1.807) is 14.2 Å². The van der Waals surface area contributed by atoms with Crippen molar-refractivity contribution in [2.75, 3.05) is 14.2 Å². The Balaban J connectivity index is 0.00000200. The fourth-order valence-corrected chi connectivity index (χ4v) is 2.65. The van der Waals surface area contributed by atoms with E-state index in [1.807, 2.05) is 12.1 Å². The number of carbonyl (C=O) groups is 1. The molecular formula is C13H15ClNNaO4. The maximum atomic E-state index is 10.7. The second-order valence-electron chi connectivity index (χ2n) is 4.27. The number of benzene rings is 1. The van der Waals surface area contributed by atoms with Gasteiger partial charge in [-0.2, -0.15) is 0 Å². The number of fused-ring (bicyclic) bond motifs is 1. The van der Waals surface area contributed by atoms with Gasteiger partial charge in [-0.25, -0.2) is 6.54 Å². The summed E-state index contributed by atoms with van der Waals surface area (Å²) in [5, 5.41) is 8.75. The van der Waals surface area contributed by atoms with E-state index >= 15 is 0 Å². The van der Waals surface area contributed by atoms with Crippen LogP contribution in [0.15, 0.2) is 12.1 Å². The van der Waals surface area contributed by atoms with E-state index in [9.17, 15) is 4.79 Å². The van der Waals surface area contributed by atoms with Crippen LogP contribution in [0.1, 0.15) is 23.6 Å². The number of aryl methyl sites for hydroxylation is 1. The average Bonchev–Trinajstić information content (AvgIpc) is 2.78. The van der Waals surface area contributed by atoms with Gasteiger partial charge in [0.15, 0.2) is 17.5 Å². The molecule has 2 rings (SSSR count). The van der Waals surface area contributed by atoms with Crippen molar-refractivity contribution in [3.8, 4) is 11.5 Å². The minimum absolute atomic E-state index is 0. The third kappa shape index (κ3) is 3.54. The molecule has 1 unspecified atom stereocenters. The molecule has 1 atom stereocenters. The normalized spacial score (nSPS) is 16.3. The minimum Gasteiger partial charge on any atom is -0.502 e. The Kier molecular flexibility index (Phi) is 6.48. The van der Waals surface area contributed by atoms with E-state index in [1.165, 1.54) is 4.42 Å². The largest absolute Gasteiger partial charge is 1.00 e. The van der Waals surface area contributed by atoms with Gasteiger partial charge in [0.25, 0.3) is 0 Å². The van der Waals surface area contributed by atoms with Crippen LogP contribution in [-0.4, -0.2) is 29.7 Å². The van der Waals surface area contributed by atoms with E-state index in [-0.39, 0.29) is 35.6 Å². The van der Waals surface area contributed by atoms with Gasteiger partial charge in [-0.3, -0.25) is 4.79 Å². The van der Waals surface area contributed by atoms with Crippen LogP contribution in [0.2, 0.25) is 0 Å². The van der Waals surface area contributed by atoms with Crippen LogP contribution in [-0.2, 0) is 11.2 Å². The van der Waals surface area contributed by atoms with Crippen LogP contribution >= 0.6 is 11.8 Å². The average molecular weight is 308 g/mol. The van der Waals surface area contributed by atoms with Crippen LogP contribution in [0.5, 0.6) is 11.5 Å². The Morgan fingerprint density at radius 2 is 2.00 bits per heavy atom. The summed E-state index contributed by atoms with van der Waals surface area (Å²) in [5.74, 6) is 0.225. The molecule has 20 heavy (non-hydrogen) atoms. The van der Waals surface area contributed by atoms with Gasteiger partial charge in [0.05, 0.1) is 14.2 Å². The molecule has 104 valence electrons. The standard InChI is InChI=1S/C13H15ClNO4.Na/c1-18-11-5-8-3-4-10(15(14)7-13(16)17)9(8)6-12(11)19-2;/h5-7,10H,3-4H2,1-2H3,(H,16,17);/q-1;+1. The molecule has 0 bridgehead atoms. The van der Waals surface area contributed by atoms with Gasteiger partial charge in [0.2, 0.25) is 0 Å². The Morgan fingerprint density at radius 3 is 2.55 bits per heavy atom. The number of carboxylic acid groups (broad SMARTS) is 1. The van der Waals surface area contributed by atoms with Crippen LogP contribution in [0.25, 0.3) is 0 Å². The zero-order valence-electron chi connectivity index (χ0n) is 11.7. The molecule has 1 aromatic rings. The third-order valence-corrected chi connectivity index (χ3v) is 3.56. The van der Waals surface area contributed by atoms with Crippen LogP contribution in [0.3, 0.4) is 0 Å². The summed E-state index contributed by atoms with van der Waals surface area (Å²) in [5.41, 5.74) is 2.08. The molecule has 0 radical (unpaired) electrons. The summed E-state index contributed by atoms with van der Waals surface area (Å²) in [6, 6.07) is 3.61. The predicted molar refractivity (Wildman–Crippen MR) is 70.2 cm³/mol. The monoisotopic (exact) mass is 307 g/mol. The molecule has 0 aliphatic heterocycles. The number of ether oxygens (including phenoxy) is 2. The first-order valence-corrected chi connectivity index (χ1v) is 6.17. The van der Waals surface area contributed by atoms with Crippen LogP contribution in [0.4, 0.5) is 0 Å². The summed E-state index contributed by atoms with van der Waals surface area (Å²) in [6.45, 7) is 0.970. The molecule has 0 saturated heterocycles. The second-order valence-corrected chi connectivity index (χ2v) is 4.66. The van der Waals surface area contributed by atoms with E-state index in [0.717, 1.165) is 30.5 Å². The van der Waals surface area contributed by atoms with Crippen LogP contribution < -0.4 is 39.0 Å². The van der Waals surface area contributed by atoms with Crippen molar-refractivity contribution in [1.29, 1.82) is 0 Å². The van der Waals surface area contributed by atoms with Crippen molar-refractivity contribution < 1.29 is 48.9 Å². The van der Waals surface area contributed by atoms with Gasteiger partial charge in [-0.15, -0.1) is 0 Å². The number of carboxylic acids is 1. The van der Waals surface area contributed by atoms with E-state index in [2.05, 4.69) is 0 Å². The minimum atomic E-state index is -1.07. The predicted octanol–water partition coefficient (Wildman–Crippen LogP) is -0.603. The molecule has 7 heteroatoms. The van der Waals surface area contributed by atoms with Crippen molar-refractivity contribution in [1.82, 2.24) is 4.42 Å². The number of nitrogens with zero attached hydrogens (tertiary/aromatic N) is 1. The summed E-state index contributed by atoms with van der Waals surface area (Å²) >= 11 is 6.00. The Bertz CT molecular complexity index is 498. The fraction of sp³-hybridized carbons (Fsp3) is 0.385. The first-order valence-electron chi connectivity index (χ1n) is 5.83. The van der Waals surface area contributed by atoms with Crippen molar-refractivity contribution in [3.63, 3.8) is 0 Å². The molecule has 0 amide bonds. The van der Waals surface area contributed by atoms with Crippen molar-refractivity contribution in [2.24, 2.45) is 0 Å². The Labute approximate surface area is 145 Å². The third-order valence-electron chi connectivity index (χ3n) is 3.22. The molecule has 1 N–H and O–H groups in total. The quantitative estimate of drug-likeness (QED) is 0.447. The molecule has 1 aromatic carbocycles. The van der Waals surface area contributed by atoms with Gasteiger partial charge >= 0.3 is 29.6 Å². The van der Waals surface area contributed by atoms with E-state index in [0.29, 0.717) is 11.5 Å². The molecule has 0 heterocycles. The fourth-order valence-electron chi connectivity index (χ4n) is 2.36. The van der Waals surface area contributed by atoms with Gasteiger partial charge in [-0.05, 0) is 36.1 Å². The SMILES string of the molecule is COc1cc2c(cc1OC)C(N(Cl)[CH-]C(=O)O)CC2.[Na+]. The summed E-state index contributed by atoms with van der Waals surface area (Å²) in [7, 11) is 3.15.